The summed E-state index contributed by atoms with van der Waals surface area (Å²) in [5.74, 6) is -0.306. The van der Waals surface area contributed by atoms with E-state index < -0.39 is 22.0 Å². The molecule has 0 saturated heterocycles. The molecular formula is C34H45N3O7S2. The molecule has 0 spiro atoms. The van der Waals surface area contributed by atoms with Gasteiger partial charge < -0.3 is 24.4 Å². The van der Waals surface area contributed by atoms with E-state index in [1.165, 1.54) is 12.1 Å². The molecule has 0 bridgehead atoms. The van der Waals surface area contributed by atoms with Crippen LogP contribution in [0, 0.1) is 5.92 Å². The summed E-state index contributed by atoms with van der Waals surface area (Å²) in [4.78, 5) is 30.7. The Labute approximate surface area is 276 Å². The molecule has 2 heterocycles. The van der Waals surface area contributed by atoms with E-state index in [4.69, 9.17) is 9.47 Å². The molecule has 2 aromatic carbocycles. The molecule has 0 radical (unpaired) electrons. The number of benzene rings is 2. The molecule has 0 aliphatic carbocycles. The molecule has 12 heteroatoms. The van der Waals surface area contributed by atoms with E-state index in [2.05, 4.69) is 4.72 Å². The number of sulfonamides is 1. The van der Waals surface area contributed by atoms with Gasteiger partial charge in [-0.15, -0.1) is 11.3 Å². The standard InChI is InChI=1S/C34H45N3O7S2/c1-24-21-37(25(2)23-38)34(40)29-20-28(35-46(41,42)33-14-10-18-45-33)15-16-30(29)44-26(3)11-8-9-17-43-31(24)22-36(4)32(39)19-27-12-6-5-7-13-27/h5-7,10,12-16,18,20,24-26,31,35,38H,8-9,11,17,19,21-23H2,1-4H3/t24-,25-,26-,31-/m0/s1. The van der Waals surface area contributed by atoms with E-state index >= 15 is 0 Å². The van der Waals surface area contributed by atoms with Gasteiger partial charge in [0, 0.05) is 38.3 Å². The zero-order chi connectivity index (χ0) is 33.3. The normalized spacial score (nSPS) is 20.6. The minimum absolute atomic E-state index is 0.0320. The first kappa shape index (κ1) is 35.4. The van der Waals surface area contributed by atoms with Crippen molar-refractivity contribution >= 4 is 38.9 Å². The second kappa shape index (κ2) is 16.4. The lowest BCUT2D eigenvalue weighted by Crippen LogP contribution is -2.48. The van der Waals surface area contributed by atoms with E-state index in [0.29, 0.717) is 18.9 Å². The van der Waals surface area contributed by atoms with Crippen LogP contribution in [0.2, 0.25) is 0 Å². The van der Waals surface area contributed by atoms with Gasteiger partial charge in [0.15, 0.2) is 0 Å². The van der Waals surface area contributed by atoms with Crippen LogP contribution in [0.3, 0.4) is 0 Å². The van der Waals surface area contributed by atoms with Gasteiger partial charge in [0.05, 0.1) is 36.8 Å². The van der Waals surface area contributed by atoms with Crippen LogP contribution in [0.15, 0.2) is 70.3 Å². The van der Waals surface area contributed by atoms with E-state index in [1.807, 2.05) is 44.2 Å². The SMILES string of the molecule is C[C@H]1CCCCO[C@@H](CN(C)C(=O)Cc2ccccc2)[C@@H](C)CN([C@@H](C)CO)C(=O)c2cc(NS(=O)(=O)c3cccs3)ccc2O1. The molecule has 4 rings (SSSR count). The lowest BCUT2D eigenvalue weighted by atomic mass is 10.0. The van der Waals surface area contributed by atoms with Gasteiger partial charge in [-0.2, -0.15) is 0 Å². The number of carbonyl (C=O) groups excluding carboxylic acids is 2. The molecule has 3 aromatic rings. The molecule has 1 aliphatic rings. The molecule has 250 valence electrons. The van der Waals surface area contributed by atoms with Crippen LogP contribution in [0.25, 0.3) is 0 Å². The Morgan fingerprint density at radius 3 is 2.59 bits per heavy atom. The molecule has 1 aliphatic heterocycles. The number of carbonyl (C=O) groups is 2. The average molecular weight is 672 g/mol. The van der Waals surface area contributed by atoms with Gasteiger partial charge in [-0.05, 0) is 68.3 Å². The summed E-state index contributed by atoms with van der Waals surface area (Å²) in [6.45, 7) is 6.44. The van der Waals surface area contributed by atoms with Gasteiger partial charge >= 0.3 is 0 Å². The zero-order valence-electron chi connectivity index (χ0n) is 26.9. The predicted octanol–water partition coefficient (Wildman–Crippen LogP) is 5.05. The average Bonchev–Trinajstić information content (AvgIpc) is 3.59. The minimum Gasteiger partial charge on any atom is -0.490 e. The molecular weight excluding hydrogens is 627 g/mol. The fraction of sp³-hybridized carbons (Fsp3) is 0.471. The van der Waals surface area contributed by atoms with Gasteiger partial charge in [0.2, 0.25) is 5.91 Å². The van der Waals surface area contributed by atoms with Gasteiger partial charge in [-0.3, -0.25) is 14.3 Å². The molecule has 1 aromatic heterocycles. The number of nitrogens with zero attached hydrogens (tertiary/aromatic N) is 2. The van der Waals surface area contributed by atoms with Gasteiger partial charge in [0.25, 0.3) is 15.9 Å². The van der Waals surface area contributed by atoms with Crippen LogP contribution in [0.5, 0.6) is 5.75 Å². The number of nitrogens with one attached hydrogen (secondary N) is 1. The van der Waals surface area contributed by atoms with Gasteiger partial charge in [-0.25, -0.2) is 8.42 Å². The second-order valence-electron chi connectivity index (χ2n) is 12.0. The van der Waals surface area contributed by atoms with E-state index in [0.717, 1.165) is 36.2 Å². The maximum atomic E-state index is 14.3. The van der Waals surface area contributed by atoms with Crippen LogP contribution in [0.1, 0.15) is 56.0 Å². The Hall–Kier alpha value is -3.45. The van der Waals surface area contributed by atoms with E-state index in [-0.39, 0.29) is 59.1 Å². The maximum Gasteiger partial charge on any atom is 0.271 e. The van der Waals surface area contributed by atoms with Crippen LogP contribution in [-0.2, 0) is 26.0 Å². The van der Waals surface area contributed by atoms with Crippen molar-refractivity contribution in [3.05, 3.63) is 77.2 Å². The number of anilines is 1. The predicted molar refractivity (Wildman–Crippen MR) is 180 cm³/mol. The number of amides is 2. The highest BCUT2D eigenvalue weighted by Crippen LogP contribution is 2.30. The lowest BCUT2D eigenvalue weighted by molar-refractivity contribution is -0.131. The summed E-state index contributed by atoms with van der Waals surface area (Å²) in [6.07, 6.45) is 2.04. The third kappa shape index (κ3) is 9.54. The first-order chi connectivity index (χ1) is 22.0. The summed E-state index contributed by atoms with van der Waals surface area (Å²) in [7, 11) is -2.08. The van der Waals surface area contributed by atoms with Gasteiger partial charge in [0.1, 0.15) is 9.96 Å². The summed E-state index contributed by atoms with van der Waals surface area (Å²) in [5, 5.41) is 11.9. The molecule has 0 saturated carbocycles. The van der Waals surface area contributed by atoms with Crippen molar-refractivity contribution in [3.63, 3.8) is 0 Å². The van der Waals surface area contributed by atoms with Crippen LogP contribution < -0.4 is 9.46 Å². The zero-order valence-corrected chi connectivity index (χ0v) is 28.6. The first-order valence-corrected chi connectivity index (χ1v) is 18.0. The quantitative estimate of drug-likeness (QED) is 0.326. The number of hydrogen-bond donors (Lipinski definition) is 2. The van der Waals surface area contributed by atoms with Crippen LogP contribution in [-0.4, -0.2) is 86.7 Å². The number of aliphatic hydroxyl groups excluding tert-OH is 1. The smallest absolute Gasteiger partial charge is 0.271 e. The van der Waals surface area contributed by atoms with Crippen molar-refractivity contribution < 1.29 is 32.6 Å². The number of ether oxygens (including phenoxy) is 2. The summed E-state index contributed by atoms with van der Waals surface area (Å²) < 4.78 is 41.3. The lowest BCUT2D eigenvalue weighted by Gasteiger charge is -2.36. The number of rotatable bonds is 9. The van der Waals surface area contributed by atoms with Crippen molar-refractivity contribution in [1.82, 2.24) is 9.80 Å². The van der Waals surface area contributed by atoms with Crippen molar-refractivity contribution in [2.24, 2.45) is 5.92 Å². The van der Waals surface area contributed by atoms with Crippen molar-refractivity contribution in [1.29, 1.82) is 0 Å². The van der Waals surface area contributed by atoms with Crippen LogP contribution >= 0.6 is 11.3 Å². The minimum atomic E-state index is -3.85. The number of likely N-dealkylation sites (N-methyl/N-ethyl adjacent to an activating group) is 1. The largest absolute Gasteiger partial charge is 0.490 e. The second-order valence-corrected chi connectivity index (χ2v) is 14.8. The molecule has 2 amide bonds. The van der Waals surface area contributed by atoms with Crippen molar-refractivity contribution in [2.45, 2.75) is 68.9 Å². The molecule has 10 nitrogen and oxygen atoms in total. The molecule has 0 fully saturated rings. The highest BCUT2D eigenvalue weighted by Gasteiger charge is 2.31. The van der Waals surface area contributed by atoms with Gasteiger partial charge in [-0.1, -0.05) is 43.3 Å². The van der Waals surface area contributed by atoms with Crippen molar-refractivity contribution in [2.75, 3.05) is 38.1 Å². The topological polar surface area (TPSA) is 125 Å². The molecule has 0 unspecified atom stereocenters. The number of thiophene rings is 1. The Balaban J connectivity index is 1.62. The third-order valence-electron chi connectivity index (χ3n) is 8.14. The van der Waals surface area contributed by atoms with E-state index in [1.54, 1.807) is 47.4 Å². The monoisotopic (exact) mass is 671 g/mol. The number of hydrogen-bond acceptors (Lipinski definition) is 8. The Morgan fingerprint density at radius 2 is 1.89 bits per heavy atom. The summed E-state index contributed by atoms with van der Waals surface area (Å²) >= 11 is 1.10. The third-order valence-corrected chi connectivity index (χ3v) is 10.9. The van der Waals surface area contributed by atoms with Crippen LogP contribution in [0.4, 0.5) is 5.69 Å². The van der Waals surface area contributed by atoms with E-state index in [9.17, 15) is 23.1 Å². The summed E-state index contributed by atoms with van der Waals surface area (Å²) in [5.41, 5.74) is 1.35. The molecule has 46 heavy (non-hydrogen) atoms. The molecule has 4 atom stereocenters. The summed E-state index contributed by atoms with van der Waals surface area (Å²) in [6, 6.07) is 16.9. The molecule has 2 N–H and O–H groups in total. The Kier molecular flexibility index (Phi) is 12.6. The van der Waals surface area contributed by atoms with Crippen molar-refractivity contribution in [3.8, 4) is 5.75 Å². The number of fused-ring (bicyclic) bond motifs is 1. The Bertz CT molecular complexity index is 1530. The Morgan fingerprint density at radius 1 is 1.13 bits per heavy atom. The fourth-order valence-electron chi connectivity index (χ4n) is 5.35. The highest BCUT2D eigenvalue weighted by atomic mass is 32.2. The maximum absolute atomic E-state index is 14.3. The number of aliphatic hydroxyl groups is 1. The first-order valence-electron chi connectivity index (χ1n) is 15.7. The highest BCUT2D eigenvalue weighted by molar-refractivity contribution is 7.94. The fourth-order valence-corrected chi connectivity index (χ4v) is 7.39.